The lowest BCUT2D eigenvalue weighted by molar-refractivity contribution is 0.161. The second-order valence-electron chi connectivity index (χ2n) is 3.96. The number of anilines is 2. The van der Waals surface area contributed by atoms with Crippen molar-refractivity contribution in [3.63, 3.8) is 0 Å². The van der Waals surface area contributed by atoms with E-state index < -0.39 is 0 Å². The van der Waals surface area contributed by atoms with Gasteiger partial charge in [-0.25, -0.2) is 4.98 Å². The predicted octanol–water partition coefficient (Wildman–Crippen LogP) is 1.14. The second kappa shape index (κ2) is 4.49. The molecule has 1 aromatic rings. The van der Waals surface area contributed by atoms with Gasteiger partial charge >= 0.3 is 0 Å². The molecule has 2 rings (SSSR count). The Morgan fingerprint density at radius 1 is 1.67 bits per heavy atom. The van der Waals surface area contributed by atoms with E-state index in [1.54, 1.807) is 13.3 Å². The van der Waals surface area contributed by atoms with Crippen LogP contribution < -0.4 is 10.6 Å². The van der Waals surface area contributed by atoms with Crippen molar-refractivity contribution in [2.24, 2.45) is 5.92 Å². The molecule has 15 heavy (non-hydrogen) atoms. The SMILES string of the molecule is COCC1CCN(c2cccnc2N)C1. The Morgan fingerprint density at radius 3 is 3.27 bits per heavy atom. The molecule has 0 amide bonds. The molecule has 4 nitrogen and oxygen atoms in total. The number of nitrogen functional groups attached to an aromatic ring is 1. The Hall–Kier alpha value is -1.29. The summed E-state index contributed by atoms with van der Waals surface area (Å²) in [5.41, 5.74) is 6.89. The minimum absolute atomic E-state index is 0.620. The fraction of sp³-hybridized carbons (Fsp3) is 0.545. The number of nitrogens with zero attached hydrogens (tertiary/aromatic N) is 2. The Balaban J connectivity index is 2.04. The molecule has 1 aliphatic rings. The summed E-state index contributed by atoms with van der Waals surface area (Å²) in [6, 6.07) is 3.95. The maximum absolute atomic E-state index is 5.84. The van der Waals surface area contributed by atoms with Crippen molar-refractivity contribution in [3.05, 3.63) is 18.3 Å². The summed E-state index contributed by atoms with van der Waals surface area (Å²) in [7, 11) is 1.75. The van der Waals surface area contributed by atoms with Gasteiger partial charge in [0.1, 0.15) is 5.82 Å². The molecule has 1 unspecified atom stereocenters. The monoisotopic (exact) mass is 207 g/mol. The fourth-order valence-electron chi connectivity index (χ4n) is 2.10. The Kier molecular flexibility index (Phi) is 3.06. The number of methoxy groups -OCH3 is 1. The van der Waals surface area contributed by atoms with Gasteiger partial charge in [0.05, 0.1) is 12.3 Å². The average molecular weight is 207 g/mol. The van der Waals surface area contributed by atoms with Crippen LogP contribution in [-0.4, -0.2) is 31.8 Å². The summed E-state index contributed by atoms with van der Waals surface area (Å²) in [5.74, 6) is 1.24. The van der Waals surface area contributed by atoms with E-state index in [0.717, 1.165) is 25.4 Å². The number of pyridine rings is 1. The molecular weight excluding hydrogens is 190 g/mol. The van der Waals surface area contributed by atoms with Gasteiger partial charge in [-0.3, -0.25) is 0 Å². The van der Waals surface area contributed by atoms with Gasteiger partial charge in [-0.1, -0.05) is 0 Å². The lowest BCUT2D eigenvalue weighted by Gasteiger charge is -2.19. The molecule has 1 atom stereocenters. The molecule has 2 N–H and O–H groups in total. The van der Waals surface area contributed by atoms with Crippen LogP contribution in [0.4, 0.5) is 11.5 Å². The summed E-state index contributed by atoms with van der Waals surface area (Å²) in [6.45, 7) is 2.89. The van der Waals surface area contributed by atoms with Crippen LogP contribution in [0.3, 0.4) is 0 Å². The van der Waals surface area contributed by atoms with Crippen molar-refractivity contribution in [3.8, 4) is 0 Å². The molecule has 82 valence electrons. The van der Waals surface area contributed by atoms with Crippen molar-refractivity contribution in [2.75, 3.05) is 37.4 Å². The number of rotatable bonds is 3. The van der Waals surface area contributed by atoms with Crippen molar-refractivity contribution in [2.45, 2.75) is 6.42 Å². The Morgan fingerprint density at radius 2 is 2.53 bits per heavy atom. The number of nitrogens with two attached hydrogens (primary N) is 1. The number of ether oxygens (including phenoxy) is 1. The normalized spacial score (nSPS) is 20.9. The standard InChI is InChI=1S/C11H17N3O/c1-15-8-9-4-6-14(7-9)10-3-2-5-13-11(10)12/h2-3,5,9H,4,6-8H2,1H3,(H2,12,13). The highest BCUT2D eigenvalue weighted by molar-refractivity contribution is 5.63. The lowest BCUT2D eigenvalue weighted by atomic mass is 10.1. The fourth-order valence-corrected chi connectivity index (χ4v) is 2.10. The second-order valence-corrected chi connectivity index (χ2v) is 3.96. The molecule has 4 heteroatoms. The van der Waals surface area contributed by atoms with Crippen molar-refractivity contribution >= 4 is 11.5 Å². The van der Waals surface area contributed by atoms with E-state index in [9.17, 15) is 0 Å². The molecule has 0 saturated carbocycles. The van der Waals surface area contributed by atoms with E-state index >= 15 is 0 Å². The minimum atomic E-state index is 0.620. The first-order chi connectivity index (χ1) is 7.31. The van der Waals surface area contributed by atoms with Crippen LogP contribution in [-0.2, 0) is 4.74 Å². The van der Waals surface area contributed by atoms with Gasteiger partial charge in [0, 0.05) is 32.3 Å². The Bertz CT molecular complexity index is 329. The summed E-state index contributed by atoms with van der Waals surface area (Å²) < 4.78 is 5.17. The van der Waals surface area contributed by atoms with Crippen LogP contribution in [0, 0.1) is 5.92 Å². The zero-order chi connectivity index (χ0) is 10.7. The van der Waals surface area contributed by atoms with Crippen LogP contribution in [0.25, 0.3) is 0 Å². The van der Waals surface area contributed by atoms with Crippen LogP contribution in [0.2, 0.25) is 0 Å². The van der Waals surface area contributed by atoms with E-state index in [4.69, 9.17) is 10.5 Å². The summed E-state index contributed by atoms with van der Waals surface area (Å²) in [6.07, 6.45) is 2.89. The smallest absolute Gasteiger partial charge is 0.146 e. The van der Waals surface area contributed by atoms with Gasteiger partial charge in [-0.2, -0.15) is 0 Å². The largest absolute Gasteiger partial charge is 0.384 e. The van der Waals surface area contributed by atoms with Crippen LogP contribution in [0.5, 0.6) is 0 Å². The Labute approximate surface area is 90.0 Å². The first-order valence-corrected chi connectivity index (χ1v) is 5.25. The molecular formula is C11H17N3O. The molecule has 0 radical (unpaired) electrons. The van der Waals surface area contributed by atoms with Gasteiger partial charge in [0.15, 0.2) is 0 Å². The zero-order valence-corrected chi connectivity index (χ0v) is 9.02. The number of hydrogen-bond donors (Lipinski definition) is 1. The van der Waals surface area contributed by atoms with Crippen LogP contribution in [0.15, 0.2) is 18.3 Å². The molecule has 0 aromatic carbocycles. The molecule has 1 fully saturated rings. The maximum atomic E-state index is 5.84. The van der Waals surface area contributed by atoms with E-state index in [0.29, 0.717) is 11.7 Å². The molecule has 1 aromatic heterocycles. The van der Waals surface area contributed by atoms with Crippen molar-refractivity contribution in [1.29, 1.82) is 0 Å². The summed E-state index contributed by atoms with van der Waals surface area (Å²) in [4.78, 5) is 6.38. The van der Waals surface area contributed by atoms with E-state index in [1.807, 2.05) is 12.1 Å². The highest BCUT2D eigenvalue weighted by atomic mass is 16.5. The number of hydrogen-bond acceptors (Lipinski definition) is 4. The van der Waals surface area contributed by atoms with Crippen molar-refractivity contribution in [1.82, 2.24) is 4.98 Å². The first-order valence-electron chi connectivity index (χ1n) is 5.25. The lowest BCUT2D eigenvalue weighted by Crippen LogP contribution is -2.22. The predicted molar refractivity (Wildman–Crippen MR) is 60.8 cm³/mol. The van der Waals surface area contributed by atoms with Gasteiger partial charge in [0.25, 0.3) is 0 Å². The molecule has 1 saturated heterocycles. The summed E-state index contributed by atoms with van der Waals surface area (Å²) >= 11 is 0. The average Bonchev–Trinajstić information content (AvgIpc) is 2.68. The molecule has 0 bridgehead atoms. The van der Waals surface area contributed by atoms with Crippen LogP contribution >= 0.6 is 0 Å². The molecule has 2 heterocycles. The maximum Gasteiger partial charge on any atom is 0.146 e. The van der Waals surface area contributed by atoms with Gasteiger partial charge in [-0.15, -0.1) is 0 Å². The molecule has 1 aliphatic heterocycles. The summed E-state index contributed by atoms with van der Waals surface area (Å²) in [5, 5.41) is 0. The topological polar surface area (TPSA) is 51.4 Å². The van der Waals surface area contributed by atoms with Crippen LogP contribution in [0.1, 0.15) is 6.42 Å². The van der Waals surface area contributed by atoms with E-state index in [-0.39, 0.29) is 0 Å². The first kappa shape index (κ1) is 10.2. The zero-order valence-electron chi connectivity index (χ0n) is 9.02. The minimum Gasteiger partial charge on any atom is -0.384 e. The highest BCUT2D eigenvalue weighted by Gasteiger charge is 2.23. The third-order valence-corrected chi connectivity index (χ3v) is 2.85. The van der Waals surface area contributed by atoms with Gasteiger partial charge in [-0.05, 0) is 18.6 Å². The van der Waals surface area contributed by atoms with E-state index in [2.05, 4.69) is 9.88 Å². The van der Waals surface area contributed by atoms with Crippen molar-refractivity contribution < 1.29 is 4.74 Å². The third kappa shape index (κ3) is 2.21. The third-order valence-electron chi connectivity index (χ3n) is 2.85. The highest BCUT2D eigenvalue weighted by Crippen LogP contribution is 2.27. The molecule has 0 aliphatic carbocycles. The quantitative estimate of drug-likeness (QED) is 0.807. The van der Waals surface area contributed by atoms with E-state index in [1.165, 1.54) is 6.42 Å². The van der Waals surface area contributed by atoms with Gasteiger partial charge in [0.2, 0.25) is 0 Å². The number of aromatic nitrogens is 1. The molecule has 0 spiro atoms. The van der Waals surface area contributed by atoms with Gasteiger partial charge < -0.3 is 15.4 Å².